The van der Waals surface area contributed by atoms with Crippen LogP contribution in [-0.4, -0.2) is 214 Å². The van der Waals surface area contributed by atoms with Crippen molar-refractivity contribution >= 4 is 70.1 Å². The maximum Gasteiger partial charge on any atom is 0.359 e. The van der Waals surface area contributed by atoms with Gasteiger partial charge in [-0.15, -0.1) is 0 Å². The quantitative estimate of drug-likeness (QED) is 0.0763. The highest BCUT2D eigenvalue weighted by Gasteiger charge is 2.26. The fourth-order valence-electron chi connectivity index (χ4n) is 5.71. The van der Waals surface area contributed by atoms with Crippen molar-refractivity contribution in [2.75, 3.05) is 76.0 Å². The van der Waals surface area contributed by atoms with Gasteiger partial charge in [0.2, 0.25) is 5.82 Å². The summed E-state index contributed by atoms with van der Waals surface area (Å²) in [5.74, 6) is -12.6. The van der Waals surface area contributed by atoms with Crippen LogP contribution in [0.2, 0.25) is 0 Å². The zero-order valence-corrected chi connectivity index (χ0v) is 50.5. The summed E-state index contributed by atoms with van der Waals surface area (Å²) in [6, 6.07) is 1.53. The van der Waals surface area contributed by atoms with E-state index in [0.29, 0.717) is 22.4 Å². The van der Waals surface area contributed by atoms with E-state index in [4.69, 9.17) is 16.1 Å². The molecule has 0 saturated heterocycles. The maximum absolute atomic E-state index is 13.6. The van der Waals surface area contributed by atoms with E-state index in [1.807, 2.05) is 7.05 Å². The van der Waals surface area contributed by atoms with E-state index >= 15 is 0 Å². The van der Waals surface area contributed by atoms with Gasteiger partial charge in [-0.3, -0.25) is 24.0 Å². The van der Waals surface area contributed by atoms with Crippen LogP contribution < -0.4 is 11.3 Å². The molecule has 0 aliphatic carbocycles. The number of alkyl halides is 1. The first-order valence-corrected chi connectivity index (χ1v) is 24.7. The van der Waals surface area contributed by atoms with Crippen LogP contribution in [0.4, 0.5) is 32.0 Å². The van der Waals surface area contributed by atoms with E-state index < -0.39 is 117 Å². The third-order valence-corrected chi connectivity index (χ3v) is 10.2. The Balaban J connectivity index is 0.000000535. The third-order valence-electron chi connectivity index (χ3n) is 10.2. The predicted molar refractivity (Wildman–Crippen MR) is 297 cm³/mol. The molecule has 7 heterocycles. The molecule has 0 spiro atoms. The fourth-order valence-corrected chi connectivity index (χ4v) is 5.71. The number of aromatic carboxylic acids is 1. The number of ether oxygens (including phenoxy) is 4. The Hall–Kier alpha value is -11.9. The van der Waals surface area contributed by atoms with Crippen LogP contribution in [0, 0.1) is 54.3 Å². The lowest BCUT2D eigenvalue weighted by Crippen LogP contribution is -2.25. The van der Waals surface area contributed by atoms with Gasteiger partial charge in [-0.25, -0.2) is 101 Å². The van der Waals surface area contributed by atoms with E-state index in [9.17, 15) is 74.3 Å². The van der Waals surface area contributed by atoms with E-state index in [1.165, 1.54) is 77.7 Å². The molecule has 4 N–H and O–H groups in total. The number of nitrogen functional groups attached to an aromatic ring is 1. The van der Waals surface area contributed by atoms with Gasteiger partial charge in [0, 0.05) is 55.5 Å². The highest BCUT2D eigenvalue weighted by molar-refractivity contribution is 6.05. The number of hydrogen-bond donors (Lipinski definition) is 3. The zero-order valence-electron chi connectivity index (χ0n) is 50.5. The Labute approximate surface area is 510 Å². The second-order valence-corrected chi connectivity index (χ2v) is 17.2. The second kappa shape index (κ2) is 37.0. The number of carboxylic acid groups (broad SMARTS) is 1. The second-order valence-electron chi connectivity index (χ2n) is 17.2. The summed E-state index contributed by atoms with van der Waals surface area (Å²) in [7, 11) is 14.3. The van der Waals surface area contributed by atoms with Gasteiger partial charge in [0.15, 0.2) is 74.6 Å². The van der Waals surface area contributed by atoms with Gasteiger partial charge in [0.1, 0.15) is 48.7 Å². The van der Waals surface area contributed by atoms with E-state index in [1.54, 1.807) is 31.8 Å². The summed E-state index contributed by atoms with van der Waals surface area (Å²) >= 11 is 0. The molecule has 7 aromatic heterocycles. The molecule has 0 aliphatic rings. The van der Waals surface area contributed by atoms with E-state index in [2.05, 4.69) is 78.8 Å². The molecule has 0 bridgehead atoms. The highest BCUT2D eigenvalue weighted by atomic mass is 19.1. The van der Waals surface area contributed by atoms with Crippen molar-refractivity contribution in [1.29, 1.82) is 5.26 Å². The van der Waals surface area contributed by atoms with Crippen molar-refractivity contribution in [2.24, 2.45) is 7.05 Å². The van der Waals surface area contributed by atoms with Crippen molar-refractivity contribution in [2.45, 2.75) is 33.9 Å². The number of nitriles is 1. The smallest absolute Gasteiger partial charge is 0.359 e. The van der Waals surface area contributed by atoms with Crippen LogP contribution in [0.5, 0.6) is 0 Å². The van der Waals surface area contributed by atoms with Crippen molar-refractivity contribution in [3.63, 3.8) is 0 Å². The number of fused-ring (bicyclic) bond motifs is 1. The SMILES string of the molecule is CCOC(=O)C(F)C(C)=O.CN(C)C(=O)c1ncnc(C#N)c1F.CN(C)C(=O)c1ncnc2c(N)cn(C)c12.COC(=O)c1ncnc(C(=O)N(C)C)c1F.COC(=O)c1ncnc(C(=O)O)c1F.COC(=O)c1ncnc(C)c1F.Cc1nc[nH]c(=O)c1F. The summed E-state index contributed by atoms with van der Waals surface area (Å²) in [5, 5.41) is 16.9. The van der Waals surface area contributed by atoms with Gasteiger partial charge in [0.05, 0.1) is 51.3 Å². The molecular formula is C52H56F6N18O15. The zero-order chi connectivity index (χ0) is 69.7. The van der Waals surface area contributed by atoms with E-state index in [-0.39, 0.29) is 35.3 Å². The number of ketones is 1. The molecule has 39 heteroatoms. The number of nitrogens with one attached hydrogen (secondary N) is 1. The number of methoxy groups -OCH3 is 3. The molecule has 0 fully saturated rings. The van der Waals surface area contributed by atoms with Gasteiger partial charge in [0.25, 0.3) is 29.5 Å². The molecule has 486 valence electrons. The molecule has 0 saturated carbocycles. The van der Waals surface area contributed by atoms with Gasteiger partial charge in [-0.1, -0.05) is 0 Å². The number of Topliss-reactive ketones (excluding diaryl/α,β-unsaturated/α-hetero) is 1. The molecule has 33 nitrogen and oxygen atoms in total. The molecule has 91 heavy (non-hydrogen) atoms. The number of nitrogens with zero attached hydrogens (tertiary/aromatic N) is 16. The third kappa shape index (κ3) is 22.1. The molecule has 0 aromatic carbocycles. The molecule has 1 unspecified atom stereocenters. The number of anilines is 1. The number of H-pyrrole nitrogens is 1. The minimum atomic E-state index is -2.11. The number of nitrogens with two attached hydrogens (primary N) is 1. The van der Waals surface area contributed by atoms with Crippen molar-refractivity contribution < 1.29 is 93.5 Å². The van der Waals surface area contributed by atoms with Gasteiger partial charge >= 0.3 is 29.8 Å². The number of aromatic amines is 1. The highest BCUT2D eigenvalue weighted by Crippen LogP contribution is 2.23. The number of carbonyl (C=O) groups is 9. The largest absolute Gasteiger partial charge is 0.476 e. The number of aromatic nitrogens is 13. The van der Waals surface area contributed by atoms with Crippen LogP contribution in [0.3, 0.4) is 0 Å². The molecule has 0 radical (unpaired) electrons. The standard InChI is InChI=1S/C10H13N5O.C9H10FN3O3.C8H7FN4O.C7H5FN2O4.C7H7FN2O2.C6H9FO3.C5H5FN2O/c1-14(2)10(16)8-9-7(12-5-13-8)6(11)4-15(9)3;1-13(2)8(14)6-5(10)7(9(15)16-3)12-4-11-6;1-13(2)8(14)7-6(9)5(3-10)11-4-12-7;1-14-7(13)5-3(8)4(6(11)12)9-2-10-5;1-4-5(8)6(7(11)12-2)10-3-9-4;1-3-10-6(9)5(7)4(2)8;1-3-4(6)5(9)8-2-7-3/h4-5H,11H2,1-3H3;4H,1-3H3;4H,1-2H3;2H,1H3,(H,11,12);3H,1-2H3;5H,3H2,1-2H3;2H,1H3,(H,7,8,9). The summed E-state index contributed by atoms with van der Waals surface area (Å²) in [6.45, 7) is 5.52. The molecular weight excluding hydrogens is 1230 g/mol. The Morgan fingerprint density at radius 1 is 0.604 bits per heavy atom. The molecule has 3 amide bonds. The Morgan fingerprint density at radius 2 is 0.989 bits per heavy atom. The number of aryl methyl sites for hydroxylation is 3. The number of hydrogen-bond acceptors (Lipinski definition) is 27. The summed E-state index contributed by atoms with van der Waals surface area (Å²) in [5.41, 5.74) is 3.81. The Kier molecular flexibility index (Phi) is 31.3. The fraction of sp³-hybridized carbons (Fsp3) is 0.308. The summed E-state index contributed by atoms with van der Waals surface area (Å²) in [4.78, 5) is 154. The predicted octanol–water partition coefficient (Wildman–Crippen LogP) is 2.05. The van der Waals surface area contributed by atoms with Gasteiger partial charge < -0.3 is 54.0 Å². The topological polar surface area (TPSA) is 450 Å². The van der Waals surface area contributed by atoms with Crippen molar-refractivity contribution in [1.82, 2.24) is 79.1 Å². The Bertz CT molecular complexity index is 3890. The van der Waals surface area contributed by atoms with E-state index in [0.717, 1.165) is 51.4 Å². The monoisotopic (exact) mass is 1290 g/mol. The number of amides is 3. The van der Waals surface area contributed by atoms with Gasteiger partial charge in [-0.05, 0) is 27.7 Å². The first-order chi connectivity index (χ1) is 42.6. The number of rotatable bonds is 10. The molecule has 0 aliphatic heterocycles. The summed E-state index contributed by atoms with van der Waals surface area (Å²) < 4.78 is 96.5. The van der Waals surface area contributed by atoms with Gasteiger partial charge in [-0.2, -0.15) is 9.65 Å². The first-order valence-electron chi connectivity index (χ1n) is 24.7. The average Bonchev–Trinajstić information content (AvgIpc) is 1.73. The minimum Gasteiger partial charge on any atom is -0.476 e. The molecule has 7 aromatic rings. The number of carbonyl (C=O) groups excluding carboxylic acids is 8. The molecule has 7 rings (SSSR count). The normalized spacial score (nSPS) is 10.1. The van der Waals surface area contributed by atoms with Crippen LogP contribution in [0.15, 0.2) is 49.0 Å². The van der Waals surface area contributed by atoms with Crippen LogP contribution in [-0.2, 0) is 35.6 Å². The van der Waals surface area contributed by atoms with Crippen molar-refractivity contribution in [3.8, 4) is 6.07 Å². The van der Waals surface area contributed by atoms with Crippen molar-refractivity contribution in [3.05, 3.63) is 141 Å². The molecule has 1 atom stereocenters. The van der Waals surface area contributed by atoms with Crippen LogP contribution >= 0.6 is 0 Å². The Morgan fingerprint density at radius 3 is 1.41 bits per heavy atom. The lowest BCUT2D eigenvalue weighted by molar-refractivity contribution is -0.152. The van der Waals surface area contributed by atoms with Crippen LogP contribution in [0.1, 0.15) is 104 Å². The summed E-state index contributed by atoms with van der Waals surface area (Å²) in [6.07, 6.45) is 5.95. The lowest BCUT2D eigenvalue weighted by Gasteiger charge is -2.10. The maximum atomic E-state index is 13.6. The number of esters is 4. The van der Waals surface area contributed by atoms with Crippen LogP contribution in [0.25, 0.3) is 11.0 Å². The minimum absolute atomic E-state index is 0.0898. The number of halogens is 6. The number of carboxylic acids is 1. The first kappa shape index (κ1) is 77.1. The lowest BCUT2D eigenvalue weighted by atomic mass is 10.3. The average molecular weight is 1290 g/mol.